The van der Waals surface area contributed by atoms with Crippen molar-refractivity contribution in [2.45, 2.75) is 0 Å². The van der Waals surface area contributed by atoms with Crippen molar-refractivity contribution in [1.82, 2.24) is 19.9 Å². The summed E-state index contributed by atoms with van der Waals surface area (Å²) in [6.45, 7) is 0. The van der Waals surface area contributed by atoms with E-state index in [4.69, 9.17) is 5.73 Å². The van der Waals surface area contributed by atoms with Gasteiger partial charge in [-0.05, 0) is 18.2 Å². The Labute approximate surface area is 128 Å². The van der Waals surface area contributed by atoms with Crippen LogP contribution in [-0.4, -0.2) is 25.8 Å². The molecule has 106 valence electrons. The quantitative estimate of drug-likeness (QED) is 0.613. The van der Waals surface area contributed by atoms with E-state index in [0.29, 0.717) is 22.6 Å². The number of amides is 1. The van der Waals surface area contributed by atoms with Gasteiger partial charge in [0, 0.05) is 29.4 Å². The summed E-state index contributed by atoms with van der Waals surface area (Å²) in [5, 5.41) is 2.64. The molecule has 0 unspecified atom stereocenters. The van der Waals surface area contributed by atoms with E-state index in [1.54, 1.807) is 24.0 Å². The first-order valence-corrected chi connectivity index (χ1v) is 7.35. The van der Waals surface area contributed by atoms with E-state index in [1.165, 1.54) is 11.3 Å². The van der Waals surface area contributed by atoms with Crippen LogP contribution in [0.25, 0.3) is 32.6 Å². The van der Waals surface area contributed by atoms with Crippen LogP contribution in [0.3, 0.4) is 0 Å². The van der Waals surface area contributed by atoms with Crippen molar-refractivity contribution in [2.24, 2.45) is 5.73 Å². The van der Waals surface area contributed by atoms with Crippen LogP contribution in [0.4, 0.5) is 0 Å². The molecule has 0 saturated heterocycles. The molecular weight excluding hydrogens is 298 g/mol. The molecule has 0 atom stereocenters. The number of nitrogens with zero attached hydrogens (tertiary/aromatic N) is 4. The summed E-state index contributed by atoms with van der Waals surface area (Å²) in [5.74, 6) is -0.0273. The van der Waals surface area contributed by atoms with Crippen LogP contribution in [0.15, 0.2) is 42.2 Å². The number of hydrogen-bond acceptors (Lipinski definition) is 6. The molecule has 0 radical (unpaired) electrons. The SMILES string of the molecule is NC(=O)c1csc2cnc(-c3ccc4cnccc4n3)nc12. The third kappa shape index (κ3) is 1.99. The van der Waals surface area contributed by atoms with Crippen molar-refractivity contribution in [3.05, 3.63) is 47.7 Å². The second-order valence-corrected chi connectivity index (χ2v) is 5.60. The number of thiophene rings is 1. The van der Waals surface area contributed by atoms with E-state index in [9.17, 15) is 4.79 Å². The Hall–Kier alpha value is -2.93. The number of nitrogens with two attached hydrogens (primary N) is 1. The molecule has 0 bridgehead atoms. The predicted octanol–water partition coefficient (Wildman–Crippen LogP) is 2.40. The summed E-state index contributed by atoms with van der Waals surface area (Å²) in [4.78, 5) is 28.8. The predicted molar refractivity (Wildman–Crippen MR) is 84.5 cm³/mol. The van der Waals surface area contributed by atoms with Gasteiger partial charge in [-0.15, -0.1) is 11.3 Å². The van der Waals surface area contributed by atoms with Gasteiger partial charge in [0.1, 0.15) is 5.69 Å². The minimum atomic E-state index is -0.492. The van der Waals surface area contributed by atoms with E-state index in [1.807, 2.05) is 18.2 Å². The van der Waals surface area contributed by atoms with Crippen molar-refractivity contribution in [2.75, 3.05) is 0 Å². The highest BCUT2D eigenvalue weighted by Gasteiger charge is 2.13. The van der Waals surface area contributed by atoms with Gasteiger partial charge < -0.3 is 5.73 Å². The fourth-order valence-electron chi connectivity index (χ4n) is 2.22. The smallest absolute Gasteiger partial charge is 0.251 e. The molecule has 7 heteroatoms. The second kappa shape index (κ2) is 4.81. The Morgan fingerprint density at radius 1 is 1.14 bits per heavy atom. The summed E-state index contributed by atoms with van der Waals surface area (Å²) in [7, 11) is 0. The molecule has 0 spiro atoms. The molecule has 1 amide bonds. The molecule has 0 aliphatic rings. The summed E-state index contributed by atoms with van der Waals surface area (Å²) in [6.07, 6.45) is 5.13. The minimum Gasteiger partial charge on any atom is -0.366 e. The normalized spacial score (nSPS) is 11.1. The number of aromatic nitrogens is 4. The van der Waals surface area contributed by atoms with Crippen LogP contribution < -0.4 is 5.73 Å². The van der Waals surface area contributed by atoms with Crippen LogP contribution in [0.2, 0.25) is 0 Å². The maximum Gasteiger partial charge on any atom is 0.251 e. The molecule has 22 heavy (non-hydrogen) atoms. The number of hydrogen-bond donors (Lipinski definition) is 1. The van der Waals surface area contributed by atoms with Gasteiger partial charge in [0.2, 0.25) is 0 Å². The number of fused-ring (bicyclic) bond motifs is 2. The molecule has 6 nitrogen and oxygen atoms in total. The maximum atomic E-state index is 11.4. The van der Waals surface area contributed by atoms with Crippen LogP contribution in [0.5, 0.6) is 0 Å². The Bertz CT molecular complexity index is 1030. The lowest BCUT2D eigenvalue weighted by molar-refractivity contribution is 0.100. The van der Waals surface area contributed by atoms with Crippen molar-refractivity contribution in [3.8, 4) is 11.5 Å². The fourth-order valence-corrected chi connectivity index (χ4v) is 3.07. The van der Waals surface area contributed by atoms with E-state index >= 15 is 0 Å². The highest BCUT2D eigenvalue weighted by Crippen LogP contribution is 2.26. The molecule has 4 aromatic rings. The fraction of sp³-hybridized carbons (Fsp3) is 0. The zero-order valence-electron chi connectivity index (χ0n) is 11.2. The third-order valence-corrected chi connectivity index (χ3v) is 4.20. The lowest BCUT2D eigenvalue weighted by Crippen LogP contribution is -2.10. The van der Waals surface area contributed by atoms with Gasteiger partial charge in [-0.3, -0.25) is 9.78 Å². The van der Waals surface area contributed by atoms with Crippen LogP contribution >= 0.6 is 11.3 Å². The Balaban J connectivity index is 1.91. The summed E-state index contributed by atoms with van der Waals surface area (Å²) < 4.78 is 0.822. The lowest BCUT2D eigenvalue weighted by Gasteiger charge is -2.02. The summed E-state index contributed by atoms with van der Waals surface area (Å²) in [5.41, 5.74) is 7.81. The van der Waals surface area contributed by atoms with Crippen molar-refractivity contribution >= 4 is 38.4 Å². The standard InChI is InChI=1S/C15H9N5OS/c16-14(21)9-7-22-12-6-18-15(20-13(9)12)11-2-1-8-5-17-4-3-10(8)19-11/h1-7H,(H2,16,21). The average molecular weight is 307 g/mol. The topological polar surface area (TPSA) is 94.7 Å². The van der Waals surface area contributed by atoms with Gasteiger partial charge in [0.25, 0.3) is 5.91 Å². The highest BCUT2D eigenvalue weighted by molar-refractivity contribution is 7.17. The number of carbonyl (C=O) groups is 1. The van der Waals surface area contributed by atoms with E-state index < -0.39 is 5.91 Å². The van der Waals surface area contributed by atoms with E-state index in [0.717, 1.165) is 15.6 Å². The Kier molecular flexibility index (Phi) is 2.80. The van der Waals surface area contributed by atoms with Crippen LogP contribution in [0.1, 0.15) is 10.4 Å². The largest absolute Gasteiger partial charge is 0.366 e. The van der Waals surface area contributed by atoms with Gasteiger partial charge in [0.15, 0.2) is 5.82 Å². The number of carbonyl (C=O) groups excluding carboxylic acids is 1. The molecule has 0 aliphatic heterocycles. The Morgan fingerprint density at radius 2 is 2.05 bits per heavy atom. The number of pyridine rings is 2. The molecule has 0 fully saturated rings. The Morgan fingerprint density at radius 3 is 2.91 bits per heavy atom. The van der Waals surface area contributed by atoms with Gasteiger partial charge in [0.05, 0.1) is 21.3 Å². The van der Waals surface area contributed by atoms with E-state index in [-0.39, 0.29) is 0 Å². The van der Waals surface area contributed by atoms with E-state index in [2.05, 4.69) is 19.9 Å². The van der Waals surface area contributed by atoms with Crippen molar-refractivity contribution in [3.63, 3.8) is 0 Å². The first kappa shape index (κ1) is 12.8. The number of primary amides is 1. The summed E-state index contributed by atoms with van der Waals surface area (Å²) in [6, 6.07) is 5.58. The molecule has 0 saturated carbocycles. The zero-order chi connectivity index (χ0) is 15.1. The maximum absolute atomic E-state index is 11.4. The third-order valence-electron chi connectivity index (χ3n) is 3.30. The minimum absolute atomic E-state index is 0.411. The summed E-state index contributed by atoms with van der Waals surface area (Å²) >= 11 is 1.39. The zero-order valence-corrected chi connectivity index (χ0v) is 12.0. The number of rotatable bonds is 2. The first-order valence-electron chi connectivity index (χ1n) is 6.47. The first-order chi connectivity index (χ1) is 10.7. The van der Waals surface area contributed by atoms with Crippen LogP contribution in [-0.2, 0) is 0 Å². The molecule has 2 N–H and O–H groups in total. The monoisotopic (exact) mass is 307 g/mol. The van der Waals surface area contributed by atoms with Crippen molar-refractivity contribution < 1.29 is 4.79 Å². The van der Waals surface area contributed by atoms with Gasteiger partial charge in [-0.25, -0.2) is 15.0 Å². The molecular formula is C15H9N5OS. The molecule has 0 aliphatic carbocycles. The average Bonchev–Trinajstić information content (AvgIpc) is 2.97. The molecule has 4 heterocycles. The lowest BCUT2D eigenvalue weighted by atomic mass is 10.2. The molecule has 0 aromatic carbocycles. The second-order valence-electron chi connectivity index (χ2n) is 4.68. The van der Waals surface area contributed by atoms with Crippen LogP contribution in [0, 0.1) is 0 Å². The van der Waals surface area contributed by atoms with Gasteiger partial charge in [-0.1, -0.05) is 0 Å². The molecule has 4 rings (SSSR count). The van der Waals surface area contributed by atoms with Gasteiger partial charge >= 0.3 is 0 Å². The molecule has 4 aromatic heterocycles. The highest BCUT2D eigenvalue weighted by atomic mass is 32.1. The van der Waals surface area contributed by atoms with Gasteiger partial charge in [-0.2, -0.15) is 0 Å². The van der Waals surface area contributed by atoms with Crippen molar-refractivity contribution in [1.29, 1.82) is 0 Å².